The summed E-state index contributed by atoms with van der Waals surface area (Å²) in [6.07, 6.45) is 1.44. The number of thioether (sulfide) groups is 2. The summed E-state index contributed by atoms with van der Waals surface area (Å²) in [5.41, 5.74) is 3.23. The summed E-state index contributed by atoms with van der Waals surface area (Å²) >= 11 is 2.12. The van der Waals surface area contributed by atoms with Gasteiger partial charge >= 0.3 is 12.0 Å². The van der Waals surface area contributed by atoms with Crippen LogP contribution in [0.3, 0.4) is 0 Å². The van der Waals surface area contributed by atoms with E-state index in [1.807, 2.05) is 0 Å². The molecule has 2 unspecified atom stereocenters. The number of urea groups is 1. The number of carboxylic acid groups (broad SMARTS) is 1. The average Bonchev–Trinajstić information content (AvgIpc) is 3.40. The van der Waals surface area contributed by atoms with Gasteiger partial charge in [0.05, 0.1) is 5.88 Å². The molecule has 10 nitrogen and oxygen atoms in total. The van der Waals surface area contributed by atoms with Crippen LogP contribution in [0.2, 0.25) is 0 Å². The number of nitrogens with zero attached hydrogens (tertiary/aromatic N) is 4. The Kier molecular flexibility index (Phi) is 5.18. The van der Waals surface area contributed by atoms with Crippen molar-refractivity contribution >= 4 is 47.3 Å². The SMILES string of the molecule is N#CC1(C(=O)O)CSC(C(N)=O)(C(=O)N2CCSC2)N1C(=O)N1CCCC1. The standard InChI is InChI=1S/C15H19N5O5S2/c16-7-14(12(23)24)8-27-15(10(17)21,11(22)19-5-6-26-9-19)20(14)13(25)18-3-1-2-4-18/h1-6,8-9H2,(H2,17,21)(H,23,24). The highest BCUT2D eigenvalue weighted by Crippen LogP contribution is 2.47. The number of carbonyl (C=O) groups is 4. The quantitative estimate of drug-likeness (QED) is 0.578. The minimum atomic E-state index is -2.35. The van der Waals surface area contributed by atoms with Crippen molar-refractivity contribution in [3.8, 4) is 6.07 Å². The van der Waals surface area contributed by atoms with E-state index in [1.54, 1.807) is 6.07 Å². The molecule has 0 saturated carbocycles. The van der Waals surface area contributed by atoms with Crippen molar-refractivity contribution in [2.45, 2.75) is 23.3 Å². The lowest BCUT2D eigenvalue weighted by molar-refractivity contribution is -0.151. The number of hydrogen-bond donors (Lipinski definition) is 2. The number of amides is 4. The number of nitriles is 1. The molecule has 12 heteroatoms. The predicted octanol–water partition coefficient (Wildman–Crippen LogP) is -0.688. The number of nitrogens with two attached hydrogens (primary N) is 1. The Bertz CT molecular complexity index is 731. The molecule has 2 atom stereocenters. The van der Waals surface area contributed by atoms with Crippen molar-refractivity contribution in [3.05, 3.63) is 0 Å². The average molecular weight is 413 g/mol. The van der Waals surface area contributed by atoms with Crippen LogP contribution in [0.4, 0.5) is 4.79 Å². The minimum Gasteiger partial charge on any atom is -0.479 e. The second-order valence-electron chi connectivity index (χ2n) is 6.49. The first kappa shape index (κ1) is 19.6. The Morgan fingerprint density at radius 3 is 2.26 bits per heavy atom. The molecule has 0 aromatic carbocycles. The molecule has 0 spiro atoms. The predicted molar refractivity (Wildman–Crippen MR) is 97.4 cm³/mol. The van der Waals surface area contributed by atoms with Gasteiger partial charge in [-0.15, -0.1) is 23.5 Å². The number of likely N-dealkylation sites (tertiary alicyclic amines) is 1. The molecular weight excluding hydrogens is 394 g/mol. The first-order valence-corrected chi connectivity index (χ1v) is 10.5. The van der Waals surface area contributed by atoms with Crippen LogP contribution in [0.25, 0.3) is 0 Å². The summed E-state index contributed by atoms with van der Waals surface area (Å²) in [6, 6.07) is 0.842. The van der Waals surface area contributed by atoms with Gasteiger partial charge in [-0.05, 0) is 12.8 Å². The molecular formula is C15H19N5O5S2. The van der Waals surface area contributed by atoms with E-state index in [0.29, 0.717) is 47.9 Å². The van der Waals surface area contributed by atoms with Crippen molar-refractivity contribution in [3.63, 3.8) is 0 Å². The largest absolute Gasteiger partial charge is 0.479 e. The Morgan fingerprint density at radius 2 is 1.78 bits per heavy atom. The van der Waals surface area contributed by atoms with E-state index < -0.39 is 40.0 Å². The molecule has 0 aromatic rings. The zero-order chi connectivity index (χ0) is 19.8. The van der Waals surface area contributed by atoms with E-state index >= 15 is 0 Å². The molecule has 3 rings (SSSR count). The molecule has 146 valence electrons. The van der Waals surface area contributed by atoms with Gasteiger partial charge in [0.25, 0.3) is 16.7 Å². The highest BCUT2D eigenvalue weighted by Gasteiger charge is 2.70. The third-order valence-electron chi connectivity index (χ3n) is 4.96. The van der Waals surface area contributed by atoms with Gasteiger partial charge in [0.1, 0.15) is 6.07 Å². The third kappa shape index (κ3) is 2.80. The summed E-state index contributed by atoms with van der Waals surface area (Å²) in [6.45, 7) is 1.09. The monoisotopic (exact) mass is 413 g/mol. The first-order valence-electron chi connectivity index (χ1n) is 8.36. The van der Waals surface area contributed by atoms with E-state index in [0.717, 1.165) is 12.8 Å². The summed E-state index contributed by atoms with van der Waals surface area (Å²) in [5.74, 6) is -2.91. The van der Waals surface area contributed by atoms with Gasteiger partial charge in [0.15, 0.2) is 0 Å². The summed E-state index contributed by atoms with van der Waals surface area (Å²) in [7, 11) is 0. The summed E-state index contributed by atoms with van der Waals surface area (Å²) in [4.78, 5) is 52.1. The van der Waals surface area contributed by atoms with Gasteiger partial charge in [-0.1, -0.05) is 0 Å². The van der Waals surface area contributed by atoms with Gasteiger partial charge in [0.2, 0.25) is 5.54 Å². The van der Waals surface area contributed by atoms with E-state index in [-0.39, 0.29) is 0 Å². The maximum absolute atomic E-state index is 13.2. The number of carboxylic acids is 1. The topological polar surface area (TPSA) is 148 Å². The third-order valence-corrected chi connectivity index (χ3v) is 7.46. The van der Waals surface area contributed by atoms with Crippen molar-refractivity contribution in [2.75, 3.05) is 37.0 Å². The maximum Gasteiger partial charge on any atom is 0.345 e. The van der Waals surface area contributed by atoms with E-state index in [2.05, 4.69) is 0 Å². The van der Waals surface area contributed by atoms with Crippen molar-refractivity contribution < 1.29 is 24.3 Å². The lowest BCUT2D eigenvalue weighted by Gasteiger charge is -2.41. The number of carbonyl (C=O) groups excluding carboxylic acids is 3. The Morgan fingerprint density at radius 1 is 1.11 bits per heavy atom. The van der Waals surface area contributed by atoms with Gasteiger partial charge in [-0.2, -0.15) is 5.26 Å². The fourth-order valence-corrected chi connectivity index (χ4v) is 5.91. The van der Waals surface area contributed by atoms with Gasteiger partial charge in [0, 0.05) is 31.1 Å². The molecule has 0 radical (unpaired) electrons. The Hall–Kier alpha value is -2.13. The highest BCUT2D eigenvalue weighted by molar-refractivity contribution is 8.02. The van der Waals surface area contributed by atoms with E-state index in [4.69, 9.17) is 5.73 Å². The van der Waals surface area contributed by atoms with Crippen molar-refractivity contribution in [2.24, 2.45) is 5.73 Å². The molecule has 3 aliphatic heterocycles. The zero-order valence-corrected chi connectivity index (χ0v) is 16.1. The zero-order valence-electron chi connectivity index (χ0n) is 14.4. The molecule has 3 fully saturated rings. The molecule has 4 amide bonds. The van der Waals surface area contributed by atoms with Crippen molar-refractivity contribution in [1.82, 2.24) is 14.7 Å². The fourth-order valence-electron chi connectivity index (χ4n) is 3.47. The van der Waals surface area contributed by atoms with Crippen LogP contribution >= 0.6 is 23.5 Å². The van der Waals surface area contributed by atoms with Gasteiger partial charge in [-0.25, -0.2) is 9.59 Å². The molecule has 3 saturated heterocycles. The van der Waals surface area contributed by atoms with E-state index in [1.165, 1.54) is 21.6 Å². The van der Waals surface area contributed by atoms with Crippen LogP contribution < -0.4 is 5.73 Å². The molecule has 3 N–H and O–H groups in total. The second-order valence-corrected chi connectivity index (χ2v) is 8.74. The van der Waals surface area contributed by atoms with Crippen LogP contribution in [0.15, 0.2) is 0 Å². The summed E-state index contributed by atoms with van der Waals surface area (Å²) in [5, 5.41) is 19.4. The van der Waals surface area contributed by atoms with Crippen LogP contribution in [0.5, 0.6) is 0 Å². The van der Waals surface area contributed by atoms with Gasteiger partial charge in [-0.3, -0.25) is 14.5 Å². The maximum atomic E-state index is 13.2. The fraction of sp³-hybridized carbons (Fsp3) is 0.667. The lowest BCUT2D eigenvalue weighted by Crippen LogP contribution is -2.70. The lowest BCUT2D eigenvalue weighted by atomic mass is 9.98. The van der Waals surface area contributed by atoms with Crippen LogP contribution in [0, 0.1) is 11.3 Å². The van der Waals surface area contributed by atoms with E-state index in [9.17, 15) is 29.5 Å². The van der Waals surface area contributed by atoms with Gasteiger partial charge < -0.3 is 20.6 Å². The number of rotatable bonds is 3. The Balaban J connectivity index is 2.13. The number of primary amides is 1. The first-order chi connectivity index (χ1) is 12.8. The normalized spacial score (nSPS) is 30.4. The molecule has 3 aliphatic rings. The Labute approximate surface area is 164 Å². The van der Waals surface area contributed by atoms with Crippen molar-refractivity contribution in [1.29, 1.82) is 5.26 Å². The molecule has 27 heavy (non-hydrogen) atoms. The summed E-state index contributed by atoms with van der Waals surface area (Å²) < 4.78 is 0. The van der Waals surface area contributed by atoms with Crippen LogP contribution in [0.1, 0.15) is 12.8 Å². The molecule has 0 aromatic heterocycles. The number of aliphatic carboxylic acids is 1. The molecule has 0 bridgehead atoms. The van der Waals surface area contributed by atoms with Crippen LogP contribution in [-0.2, 0) is 14.4 Å². The van der Waals surface area contributed by atoms with Crippen LogP contribution in [-0.4, -0.2) is 91.0 Å². The second kappa shape index (κ2) is 7.12. The molecule has 3 heterocycles. The smallest absolute Gasteiger partial charge is 0.345 e. The number of hydrogen-bond acceptors (Lipinski definition) is 7. The highest BCUT2D eigenvalue weighted by atomic mass is 32.2. The minimum absolute atomic E-state index is 0.312. The molecule has 0 aliphatic carbocycles.